The highest BCUT2D eigenvalue weighted by Crippen LogP contribution is 2.39. The van der Waals surface area contributed by atoms with Gasteiger partial charge >= 0.3 is 11.7 Å². The van der Waals surface area contributed by atoms with Crippen LogP contribution in [0.25, 0.3) is 0 Å². The van der Waals surface area contributed by atoms with Crippen molar-refractivity contribution < 1.29 is 14.8 Å². The van der Waals surface area contributed by atoms with Crippen LogP contribution < -0.4 is 0 Å². The molecule has 0 bridgehead atoms. The fraction of sp³-hybridized carbons (Fsp3) is 0.556. The minimum absolute atomic E-state index is 0.0150. The lowest BCUT2D eigenvalue weighted by Gasteiger charge is -2.32. The summed E-state index contributed by atoms with van der Waals surface area (Å²) in [5.74, 6) is -1.15. The molecule has 0 unspecified atom stereocenters. The third kappa shape index (κ3) is 1.54. The molecule has 0 aliphatic heterocycles. The third-order valence-electron chi connectivity index (χ3n) is 3.02. The number of hydrogen-bond acceptors (Lipinski definition) is 4. The summed E-state index contributed by atoms with van der Waals surface area (Å²) in [6.07, 6.45) is 2.20. The maximum atomic E-state index is 10.6. The molecule has 86 valence electrons. The Morgan fingerprint density at radius 1 is 1.69 bits per heavy atom. The number of hydrogen-bond donors (Lipinski definition) is 1. The first-order valence-corrected chi connectivity index (χ1v) is 4.92. The van der Waals surface area contributed by atoms with Crippen molar-refractivity contribution in [2.24, 2.45) is 5.92 Å². The first kappa shape index (κ1) is 10.6. The van der Waals surface area contributed by atoms with E-state index in [1.54, 1.807) is 11.6 Å². The number of aromatic nitrogens is 2. The Balaban J connectivity index is 2.13. The Bertz CT molecular complexity index is 448. The van der Waals surface area contributed by atoms with E-state index < -0.39 is 10.9 Å². The van der Waals surface area contributed by atoms with Crippen molar-refractivity contribution in [2.75, 3.05) is 0 Å². The van der Waals surface area contributed by atoms with Crippen LogP contribution in [0.5, 0.6) is 0 Å². The number of nitrogens with zero attached hydrogens (tertiary/aromatic N) is 3. The molecule has 16 heavy (non-hydrogen) atoms. The number of rotatable bonds is 3. The van der Waals surface area contributed by atoms with Gasteiger partial charge in [0, 0.05) is 0 Å². The fourth-order valence-corrected chi connectivity index (χ4v) is 1.95. The van der Waals surface area contributed by atoms with Gasteiger partial charge in [-0.2, -0.15) is 5.10 Å². The Morgan fingerprint density at radius 3 is 2.75 bits per heavy atom. The summed E-state index contributed by atoms with van der Waals surface area (Å²) in [6, 6.07) is -0.0187. The van der Waals surface area contributed by atoms with Gasteiger partial charge in [-0.15, -0.1) is 0 Å². The summed E-state index contributed by atoms with van der Waals surface area (Å²) in [5.41, 5.74) is 0.470. The maximum absolute atomic E-state index is 10.6. The highest BCUT2D eigenvalue weighted by Gasteiger charge is 2.37. The maximum Gasteiger partial charge on any atom is 0.309 e. The number of carboxylic acid groups (broad SMARTS) is 1. The van der Waals surface area contributed by atoms with E-state index in [9.17, 15) is 14.9 Å². The smallest absolute Gasteiger partial charge is 0.309 e. The lowest BCUT2D eigenvalue weighted by molar-refractivity contribution is -0.385. The molecule has 0 spiro atoms. The molecule has 0 atom stereocenters. The van der Waals surface area contributed by atoms with Crippen LogP contribution in [0.1, 0.15) is 24.6 Å². The van der Waals surface area contributed by atoms with Crippen LogP contribution in [0.2, 0.25) is 0 Å². The molecule has 7 heteroatoms. The molecule has 1 fully saturated rings. The standard InChI is InChI=1S/C9H11N3O4/c1-5-8(12(15)16)4-10-11(5)7-2-6(3-7)9(13)14/h4,6-7H,2-3H2,1H3,(H,13,14). The zero-order valence-corrected chi connectivity index (χ0v) is 8.66. The topological polar surface area (TPSA) is 98.3 Å². The molecule has 1 aromatic heterocycles. The molecular formula is C9H11N3O4. The normalized spacial score (nSPS) is 23.8. The van der Waals surface area contributed by atoms with Gasteiger partial charge in [-0.05, 0) is 19.8 Å². The van der Waals surface area contributed by atoms with Crippen molar-refractivity contribution in [3.63, 3.8) is 0 Å². The van der Waals surface area contributed by atoms with E-state index in [-0.39, 0.29) is 17.6 Å². The van der Waals surface area contributed by atoms with E-state index in [4.69, 9.17) is 5.11 Å². The molecule has 0 radical (unpaired) electrons. The van der Waals surface area contributed by atoms with Gasteiger partial charge in [-0.1, -0.05) is 0 Å². The Morgan fingerprint density at radius 2 is 2.31 bits per heavy atom. The highest BCUT2D eigenvalue weighted by atomic mass is 16.6. The number of nitro groups is 1. The molecule has 7 nitrogen and oxygen atoms in total. The van der Waals surface area contributed by atoms with Crippen LogP contribution in [0, 0.1) is 23.0 Å². The lowest BCUT2D eigenvalue weighted by atomic mass is 9.80. The second-order valence-electron chi connectivity index (χ2n) is 3.98. The molecule has 1 saturated carbocycles. The average molecular weight is 225 g/mol. The van der Waals surface area contributed by atoms with Crippen molar-refractivity contribution in [3.8, 4) is 0 Å². The summed E-state index contributed by atoms with van der Waals surface area (Å²) < 4.78 is 1.55. The van der Waals surface area contributed by atoms with Crippen molar-refractivity contribution in [1.82, 2.24) is 9.78 Å². The predicted octanol–water partition coefficient (Wildman–Crippen LogP) is 1.14. The summed E-state index contributed by atoms with van der Waals surface area (Å²) in [7, 11) is 0. The Kier molecular flexibility index (Phi) is 2.37. The number of carbonyl (C=O) groups is 1. The molecule has 1 N–H and O–H groups in total. The Hall–Kier alpha value is -1.92. The molecule has 1 aliphatic carbocycles. The van der Waals surface area contributed by atoms with Crippen molar-refractivity contribution in [2.45, 2.75) is 25.8 Å². The van der Waals surface area contributed by atoms with Crippen LogP contribution in [0.3, 0.4) is 0 Å². The second kappa shape index (κ2) is 3.58. The second-order valence-corrected chi connectivity index (χ2v) is 3.98. The SMILES string of the molecule is Cc1c([N+](=O)[O-])cnn1C1CC(C(=O)O)C1. The van der Waals surface area contributed by atoms with Gasteiger partial charge in [-0.25, -0.2) is 0 Å². The van der Waals surface area contributed by atoms with Crippen molar-refractivity contribution in [3.05, 3.63) is 22.0 Å². The van der Waals surface area contributed by atoms with Crippen LogP contribution in [0.15, 0.2) is 6.20 Å². The lowest BCUT2D eigenvalue weighted by Crippen LogP contribution is -2.33. The molecule has 1 aliphatic rings. The van der Waals surface area contributed by atoms with E-state index in [1.165, 1.54) is 6.20 Å². The first-order valence-electron chi connectivity index (χ1n) is 4.92. The third-order valence-corrected chi connectivity index (χ3v) is 3.02. The van der Waals surface area contributed by atoms with Gasteiger partial charge in [0.2, 0.25) is 0 Å². The minimum atomic E-state index is -0.810. The van der Waals surface area contributed by atoms with Gasteiger partial charge in [0.05, 0.1) is 16.9 Å². The molecule has 0 amide bonds. The summed E-state index contributed by atoms with van der Waals surface area (Å²) in [6.45, 7) is 1.62. The summed E-state index contributed by atoms with van der Waals surface area (Å²) in [5, 5.41) is 23.3. The van der Waals surface area contributed by atoms with Crippen LogP contribution in [-0.4, -0.2) is 25.8 Å². The highest BCUT2D eigenvalue weighted by molar-refractivity contribution is 5.71. The van der Waals surface area contributed by atoms with E-state index in [0.29, 0.717) is 18.5 Å². The fourth-order valence-electron chi connectivity index (χ4n) is 1.95. The van der Waals surface area contributed by atoms with Gasteiger partial charge in [-0.3, -0.25) is 19.6 Å². The largest absolute Gasteiger partial charge is 0.481 e. The van der Waals surface area contributed by atoms with Crippen LogP contribution in [-0.2, 0) is 4.79 Å². The van der Waals surface area contributed by atoms with Crippen LogP contribution >= 0.6 is 0 Å². The quantitative estimate of drug-likeness (QED) is 0.614. The average Bonchev–Trinajstić information content (AvgIpc) is 2.45. The predicted molar refractivity (Wildman–Crippen MR) is 53.0 cm³/mol. The van der Waals surface area contributed by atoms with E-state index in [0.717, 1.165) is 0 Å². The van der Waals surface area contributed by atoms with Gasteiger partial charge in [0.1, 0.15) is 11.9 Å². The first-order chi connectivity index (χ1) is 7.50. The number of carboxylic acids is 1. The van der Waals surface area contributed by atoms with Crippen molar-refractivity contribution in [1.29, 1.82) is 0 Å². The van der Waals surface area contributed by atoms with Gasteiger partial charge < -0.3 is 5.11 Å². The zero-order valence-electron chi connectivity index (χ0n) is 8.66. The van der Waals surface area contributed by atoms with E-state index >= 15 is 0 Å². The van der Waals surface area contributed by atoms with Gasteiger partial charge in [0.25, 0.3) is 0 Å². The molecule has 0 saturated heterocycles. The summed E-state index contributed by atoms with van der Waals surface area (Å²) in [4.78, 5) is 20.7. The molecule has 1 aromatic rings. The van der Waals surface area contributed by atoms with E-state index in [1.807, 2.05) is 0 Å². The van der Waals surface area contributed by atoms with E-state index in [2.05, 4.69) is 5.10 Å². The molecule has 2 rings (SSSR count). The molecular weight excluding hydrogens is 214 g/mol. The van der Waals surface area contributed by atoms with Crippen LogP contribution in [0.4, 0.5) is 5.69 Å². The minimum Gasteiger partial charge on any atom is -0.481 e. The number of aliphatic carboxylic acids is 1. The van der Waals surface area contributed by atoms with Gasteiger partial charge in [0.15, 0.2) is 0 Å². The molecule has 1 heterocycles. The Labute approximate surface area is 90.8 Å². The summed E-state index contributed by atoms with van der Waals surface area (Å²) >= 11 is 0. The monoisotopic (exact) mass is 225 g/mol. The zero-order chi connectivity index (χ0) is 11.9. The molecule has 0 aromatic carbocycles. The van der Waals surface area contributed by atoms with Crippen molar-refractivity contribution >= 4 is 11.7 Å².